The van der Waals surface area contributed by atoms with Crippen LogP contribution in [0.15, 0.2) is 11.6 Å². The molecule has 3 atom stereocenters. The molecule has 2 saturated carbocycles. The van der Waals surface area contributed by atoms with Crippen molar-refractivity contribution in [3.63, 3.8) is 0 Å². The number of aromatic nitrogens is 1. The zero-order chi connectivity index (χ0) is 17.9. The number of carbonyl (C=O) groups excluding carboxylic acids is 1. The normalized spacial score (nSPS) is 27.2. The van der Waals surface area contributed by atoms with E-state index in [1.807, 2.05) is 5.38 Å². The Morgan fingerprint density at radius 3 is 2.80 bits per heavy atom. The van der Waals surface area contributed by atoms with Crippen molar-refractivity contribution < 1.29 is 17.9 Å². The van der Waals surface area contributed by atoms with Gasteiger partial charge in [-0.05, 0) is 32.1 Å². The molecule has 0 spiro atoms. The lowest BCUT2D eigenvalue weighted by molar-refractivity contribution is -0.127. The Balaban J connectivity index is 1.47. The maximum Gasteiger partial charge on any atom is 0.223 e. The van der Waals surface area contributed by atoms with E-state index in [2.05, 4.69) is 15.0 Å². The van der Waals surface area contributed by atoms with E-state index in [0.29, 0.717) is 25.8 Å². The zero-order valence-corrected chi connectivity index (χ0v) is 15.9. The number of thiazole rings is 1. The number of sulfonamides is 1. The molecule has 0 aromatic carbocycles. The smallest absolute Gasteiger partial charge is 0.223 e. The van der Waals surface area contributed by atoms with Gasteiger partial charge in [0.05, 0.1) is 16.4 Å². The first-order valence-corrected chi connectivity index (χ1v) is 11.1. The molecule has 0 saturated heterocycles. The summed E-state index contributed by atoms with van der Waals surface area (Å²) < 4.78 is 32.5. The van der Waals surface area contributed by atoms with Crippen molar-refractivity contribution in [3.05, 3.63) is 16.6 Å². The van der Waals surface area contributed by atoms with Gasteiger partial charge in [0.25, 0.3) is 0 Å². The van der Waals surface area contributed by atoms with E-state index >= 15 is 0 Å². The Labute approximate surface area is 152 Å². The van der Waals surface area contributed by atoms with E-state index in [1.165, 1.54) is 0 Å². The molecule has 1 aromatic heterocycles. The number of hydrogen-bond donors (Lipinski definition) is 2. The molecule has 2 aliphatic rings. The van der Waals surface area contributed by atoms with Gasteiger partial charge in [-0.15, -0.1) is 11.3 Å². The first kappa shape index (κ1) is 18.8. The fourth-order valence-electron chi connectivity index (χ4n) is 3.26. The monoisotopic (exact) mass is 387 g/mol. The second-order valence-corrected chi connectivity index (χ2v) is 9.69. The number of hydrogen-bond acceptors (Lipinski definition) is 6. The number of methoxy groups -OCH3 is 1. The minimum atomic E-state index is -3.24. The summed E-state index contributed by atoms with van der Waals surface area (Å²) in [6, 6.07) is -0.241. The molecule has 7 nitrogen and oxygen atoms in total. The first-order chi connectivity index (χ1) is 12.0. The molecule has 0 bridgehead atoms. The molecule has 25 heavy (non-hydrogen) atoms. The highest BCUT2D eigenvalue weighted by atomic mass is 32.2. The minimum Gasteiger partial charge on any atom is -0.380 e. The number of carbonyl (C=O) groups is 1. The summed E-state index contributed by atoms with van der Waals surface area (Å²) in [7, 11) is -1.67. The maximum absolute atomic E-state index is 12.4. The molecule has 140 valence electrons. The molecule has 1 heterocycles. The van der Waals surface area contributed by atoms with Gasteiger partial charge in [0.15, 0.2) is 0 Å². The lowest BCUT2D eigenvalue weighted by atomic mass is 9.83. The van der Waals surface area contributed by atoms with Crippen LogP contribution in [0.1, 0.15) is 37.1 Å². The molecule has 2 fully saturated rings. The van der Waals surface area contributed by atoms with E-state index in [9.17, 15) is 13.2 Å². The molecule has 0 aliphatic heterocycles. The van der Waals surface area contributed by atoms with Gasteiger partial charge >= 0.3 is 0 Å². The van der Waals surface area contributed by atoms with Crippen LogP contribution in [-0.4, -0.2) is 50.4 Å². The van der Waals surface area contributed by atoms with E-state index in [-0.39, 0.29) is 29.2 Å². The van der Waals surface area contributed by atoms with Gasteiger partial charge in [-0.2, -0.15) is 0 Å². The average Bonchev–Trinajstić information content (AvgIpc) is 3.34. The van der Waals surface area contributed by atoms with E-state index in [1.54, 1.807) is 24.6 Å². The van der Waals surface area contributed by atoms with Crippen molar-refractivity contribution in [1.29, 1.82) is 0 Å². The SMILES string of the molecule is CO[C@@H]1C[C@@H](C(=O)NCCc2nccs2)CC[C@H]1NS(=O)(=O)C1CC1. The van der Waals surface area contributed by atoms with Crippen LogP contribution < -0.4 is 10.0 Å². The van der Waals surface area contributed by atoms with Crippen LogP contribution in [0.4, 0.5) is 0 Å². The van der Waals surface area contributed by atoms with Gasteiger partial charge in [0.1, 0.15) is 0 Å². The lowest BCUT2D eigenvalue weighted by Crippen LogP contribution is -2.50. The third-order valence-corrected chi connectivity index (χ3v) is 7.69. The summed E-state index contributed by atoms with van der Waals surface area (Å²) in [5, 5.41) is 5.65. The van der Waals surface area contributed by atoms with Crippen LogP contribution in [-0.2, 0) is 26.0 Å². The van der Waals surface area contributed by atoms with Crippen molar-refractivity contribution in [2.75, 3.05) is 13.7 Å². The predicted molar refractivity (Wildman–Crippen MR) is 95.8 cm³/mol. The van der Waals surface area contributed by atoms with E-state index < -0.39 is 10.0 Å². The predicted octanol–water partition coefficient (Wildman–Crippen LogP) is 1.07. The Bertz CT molecular complexity index is 674. The molecule has 0 radical (unpaired) electrons. The molecule has 2 aliphatic carbocycles. The maximum atomic E-state index is 12.4. The third kappa shape index (κ3) is 4.99. The molecular weight excluding hydrogens is 362 g/mol. The van der Waals surface area contributed by atoms with Gasteiger partial charge in [0.2, 0.25) is 15.9 Å². The minimum absolute atomic E-state index is 0.0158. The third-order valence-electron chi connectivity index (χ3n) is 4.87. The molecule has 3 rings (SSSR count). The highest BCUT2D eigenvalue weighted by Gasteiger charge is 2.41. The van der Waals surface area contributed by atoms with E-state index in [0.717, 1.165) is 24.3 Å². The Hall–Kier alpha value is -1.03. The van der Waals surface area contributed by atoms with Gasteiger partial charge in [-0.3, -0.25) is 4.79 Å². The first-order valence-electron chi connectivity index (χ1n) is 8.69. The number of rotatable bonds is 8. The number of ether oxygens (including phenoxy) is 1. The highest BCUT2D eigenvalue weighted by molar-refractivity contribution is 7.90. The molecule has 0 unspecified atom stereocenters. The Kier molecular flexibility index (Phi) is 6.08. The molecule has 9 heteroatoms. The largest absolute Gasteiger partial charge is 0.380 e. The second kappa shape index (κ2) is 8.11. The average molecular weight is 388 g/mol. The molecular formula is C16H25N3O4S2. The van der Waals surface area contributed by atoms with Crippen molar-refractivity contribution >= 4 is 27.3 Å². The Morgan fingerprint density at radius 2 is 2.16 bits per heavy atom. The van der Waals surface area contributed by atoms with Gasteiger partial charge in [-0.25, -0.2) is 18.1 Å². The quantitative estimate of drug-likeness (QED) is 0.695. The van der Waals surface area contributed by atoms with Gasteiger partial charge < -0.3 is 10.1 Å². The second-order valence-electron chi connectivity index (χ2n) is 6.72. The Morgan fingerprint density at radius 1 is 1.36 bits per heavy atom. The summed E-state index contributed by atoms with van der Waals surface area (Å²) >= 11 is 1.58. The van der Waals surface area contributed by atoms with Crippen LogP contribution in [0.3, 0.4) is 0 Å². The lowest BCUT2D eigenvalue weighted by Gasteiger charge is -2.34. The van der Waals surface area contributed by atoms with Crippen molar-refractivity contribution in [2.45, 2.75) is 55.9 Å². The number of nitrogens with zero attached hydrogens (tertiary/aromatic N) is 1. The summed E-state index contributed by atoms with van der Waals surface area (Å²) in [6.07, 6.45) is 5.53. The van der Waals surface area contributed by atoms with Crippen molar-refractivity contribution in [3.8, 4) is 0 Å². The number of amides is 1. The highest BCUT2D eigenvalue weighted by Crippen LogP contribution is 2.31. The standard InChI is InChI=1S/C16H25N3O4S2/c1-23-14-10-11(16(20)18-7-6-15-17-8-9-24-15)2-5-13(14)19-25(21,22)12-3-4-12/h8-9,11-14,19H,2-7,10H2,1H3,(H,18,20)/t11-,13+,14+/m0/s1. The summed E-state index contributed by atoms with van der Waals surface area (Å²) in [5.74, 6) is -0.120. The van der Waals surface area contributed by atoms with E-state index in [4.69, 9.17) is 4.74 Å². The van der Waals surface area contributed by atoms with Crippen molar-refractivity contribution in [1.82, 2.24) is 15.0 Å². The summed E-state index contributed by atoms with van der Waals surface area (Å²) in [5.41, 5.74) is 0. The fraction of sp³-hybridized carbons (Fsp3) is 0.750. The van der Waals surface area contributed by atoms with Crippen LogP contribution in [0.25, 0.3) is 0 Å². The zero-order valence-electron chi connectivity index (χ0n) is 14.3. The van der Waals surface area contributed by atoms with Crippen molar-refractivity contribution in [2.24, 2.45) is 5.92 Å². The van der Waals surface area contributed by atoms with Crippen LogP contribution in [0, 0.1) is 5.92 Å². The fourth-order valence-corrected chi connectivity index (χ4v) is 5.52. The van der Waals surface area contributed by atoms with Crippen LogP contribution in [0.2, 0.25) is 0 Å². The van der Waals surface area contributed by atoms with Gasteiger partial charge in [-0.1, -0.05) is 0 Å². The molecule has 2 N–H and O–H groups in total. The summed E-state index contributed by atoms with van der Waals surface area (Å²) in [6.45, 7) is 0.568. The molecule has 1 amide bonds. The summed E-state index contributed by atoms with van der Waals surface area (Å²) in [4.78, 5) is 16.6. The number of nitrogens with one attached hydrogen (secondary N) is 2. The van der Waals surface area contributed by atoms with Crippen LogP contribution >= 0.6 is 11.3 Å². The topological polar surface area (TPSA) is 97.4 Å². The molecule has 1 aromatic rings. The van der Waals surface area contributed by atoms with Crippen LogP contribution in [0.5, 0.6) is 0 Å². The van der Waals surface area contributed by atoms with Gasteiger partial charge in [0, 0.05) is 43.6 Å².